The molecule has 0 bridgehead atoms. The average molecular weight is 957 g/mol. The number of amides is 3. The number of carbonyl (C=O) groups excluding carboxylic acids is 3. The molecule has 4 aromatic heterocycles. The van der Waals surface area contributed by atoms with E-state index < -0.39 is 5.60 Å². The van der Waals surface area contributed by atoms with Crippen molar-refractivity contribution in [1.29, 1.82) is 0 Å². The van der Waals surface area contributed by atoms with E-state index in [2.05, 4.69) is 93.2 Å². The van der Waals surface area contributed by atoms with Crippen molar-refractivity contribution < 1.29 is 19.1 Å². The minimum atomic E-state index is -0.568. The number of anilines is 2. The minimum Gasteiger partial charge on any atom is -0.444 e. The van der Waals surface area contributed by atoms with E-state index in [1.54, 1.807) is 45.3 Å². The van der Waals surface area contributed by atoms with Gasteiger partial charge in [-0.3, -0.25) is 14.5 Å². The third-order valence-corrected chi connectivity index (χ3v) is 16.0. The number of ether oxygens (including phenoxy) is 1. The molecule has 6 aromatic rings. The second-order valence-electron chi connectivity index (χ2n) is 18.7. The molecule has 0 saturated heterocycles. The Balaban J connectivity index is 0.000000198. The Morgan fingerprint density at radius 2 is 1.20 bits per heavy atom. The topological polar surface area (TPSA) is 150 Å². The molecule has 5 N–H and O–H groups in total. The highest BCUT2D eigenvalue weighted by atomic mass is 32.1. The van der Waals surface area contributed by atoms with Crippen molar-refractivity contribution in [3.63, 3.8) is 0 Å². The number of thiazole rings is 2. The number of nitrogens with one attached hydrogen (secondary N) is 5. The van der Waals surface area contributed by atoms with Crippen LogP contribution in [0, 0.1) is 0 Å². The molecule has 0 spiro atoms. The highest BCUT2D eigenvalue weighted by molar-refractivity contribution is 7.23. The number of benzene rings is 2. The summed E-state index contributed by atoms with van der Waals surface area (Å²) in [6.07, 6.45) is 2.16. The number of hydrogen-bond acceptors (Lipinski definition) is 13. The molecule has 16 heteroatoms. The number of carbonyl (C=O) groups is 3. The van der Waals surface area contributed by atoms with E-state index in [0.29, 0.717) is 50.5 Å². The van der Waals surface area contributed by atoms with Gasteiger partial charge in [-0.25, -0.2) is 14.8 Å². The fraction of sp³-hybridized carbons (Fsp3) is 0.490. The number of rotatable bonds is 12. The first-order valence-electron chi connectivity index (χ1n) is 22.7. The van der Waals surface area contributed by atoms with Crippen molar-refractivity contribution in [2.45, 2.75) is 144 Å². The van der Waals surface area contributed by atoms with Crippen LogP contribution in [-0.2, 0) is 27.2 Å². The van der Waals surface area contributed by atoms with Gasteiger partial charge in [0.25, 0.3) is 0 Å². The van der Waals surface area contributed by atoms with Gasteiger partial charge in [0.2, 0.25) is 11.8 Å². The lowest BCUT2D eigenvalue weighted by molar-refractivity contribution is -0.116. The van der Waals surface area contributed by atoms with Gasteiger partial charge in [0.1, 0.15) is 25.6 Å². The SMILES string of the molecule is CC(C)NCCC(=O)Nc1sc2c(c1-c1nc3ccccc3s1)CC(C)N(C(=O)OC(C)(C)C)C2C.CC(C)NCCC(=O)Nc1sc2c(c1-c1nc3ccccc3s1)CC(C)NC2C. The molecule has 0 saturated carbocycles. The van der Waals surface area contributed by atoms with E-state index in [4.69, 9.17) is 14.7 Å². The highest BCUT2D eigenvalue weighted by Crippen LogP contribution is 2.51. The zero-order valence-electron chi connectivity index (χ0n) is 39.4. The van der Waals surface area contributed by atoms with E-state index in [9.17, 15) is 14.4 Å². The summed E-state index contributed by atoms with van der Waals surface area (Å²) in [5.41, 5.74) is 6.00. The second-order valence-corrected chi connectivity index (χ2v) is 22.9. The predicted octanol–water partition coefficient (Wildman–Crippen LogP) is 11.5. The quantitative estimate of drug-likeness (QED) is 0.0808. The van der Waals surface area contributed by atoms with E-state index in [-0.39, 0.29) is 36.0 Å². The van der Waals surface area contributed by atoms with Crippen LogP contribution in [0.3, 0.4) is 0 Å². The molecule has 3 amide bonds. The second kappa shape index (κ2) is 20.7. The van der Waals surface area contributed by atoms with Crippen LogP contribution in [0.25, 0.3) is 41.6 Å². The van der Waals surface area contributed by atoms with Gasteiger partial charge in [0.15, 0.2) is 0 Å². The molecule has 0 radical (unpaired) electrons. The van der Waals surface area contributed by atoms with Crippen LogP contribution in [0.2, 0.25) is 0 Å². The lowest BCUT2D eigenvalue weighted by atomic mass is 9.93. The zero-order valence-corrected chi connectivity index (χ0v) is 42.7. The van der Waals surface area contributed by atoms with Crippen LogP contribution in [0.15, 0.2) is 48.5 Å². The molecule has 65 heavy (non-hydrogen) atoms. The minimum absolute atomic E-state index is 0.0335. The summed E-state index contributed by atoms with van der Waals surface area (Å²) in [6.45, 7) is 23.8. The molecule has 2 aliphatic rings. The maximum absolute atomic E-state index is 13.1. The number of fused-ring (bicyclic) bond motifs is 4. The number of para-hydroxylation sites is 2. The number of hydrogen-bond donors (Lipinski definition) is 5. The molecule has 0 aliphatic carbocycles. The smallest absolute Gasteiger partial charge is 0.411 e. The molecule has 8 rings (SSSR count). The van der Waals surface area contributed by atoms with Crippen LogP contribution in [-0.4, -0.2) is 75.6 Å². The third kappa shape index (κ3) is 11.6. The first-order valence-corrected chi connectivity index (χ1v) is 26.0. The molecule has 12 nitrogen and oxygen atoms in total. The lowest BCUT2D eigenvalue weighted by Crippen LogP contribution is -2.46. The summed E-state index contributed by atoms with van der Waals surface area (Å²) in [5, 5.41) is 20.2. The van der Waals surface area contributed by atoms with Gasteiger partial charge in [-0.15, -0.1) is 45.3 Å². The Bertz CT molecular complexity index is 2570. The van der Waals surface area contributed by atoms with E-state index in [0.717, 1.165) is 63.7 Å². The first-order chi connectivity index (χ1) is 30.9. The Morgan fingerprint density at radius 3 is 1.68 bits per heavy atom. The Hall–Kier alpha value is -4.29. The van der Waals surface area contributed by atoms with Crippen molar-refractivity contribution in [3.05, 3.63) is 69.4 Å². The van der Waals surface area contributed by atoms with Crippen molar-refractivity contribution in [1.82, 2.24) is 30.8 Å². The third-order valence-electron chi connectivity index (χ3n) is 11.2. The molecule has 0 fully saturated rings. The number of nitrogens with zero attached hydrogens (tertiary/aromatic N) is 3. The van der Waals surface area contributed by atoms with Crippen LogP contribution < -0.4 is 26.6 Å². The zero-order chi connectivity index (χ0) is 46.7. The van der Waals surface area contributed by atoms with Gasteiger partial charge >= 0.3 is 6.09 Å². The van der Waals surface area contributed by atoms with Gasteiger partial charge in [0, 0.05) is 77.0 Å². The summed E-state index contributed by atoms with van der Waals surface area (Å²) in [7, 11) is 0. The molecule has 4 atom stereocenters. The van der Waals surface area contributed by atoms with Crippen molar-refractivity contribution in [2.75, 3.05) is 23.7 Å². The molecule has 6 heterocycles. The predicted molar refractivity (Wildman–Crippen MR) is 273 cm³/mol. The van der Waals surface area contributed by atoms with Crippen LogP contribution in [0.1, 0.15) is 122 Å². The monoisotopic (exact) mass is 956 g/mol. The van der Waals surface area contributed by atoms with Crippen LogP contribution >= 0.6 is 45.3 Å². The maximum atomic E-state index is 13.1. The average Bonchev–Trinajstić information content (AvgIpc) is 3.99. The molecule has 2 aromatic carbocycles. The fourth-order valence-corrected chi connectivity index (χ4v) is 13.2. The Labute approximate surface area is 399 Å². The van der Waals surface area contributed by atoms with Crippen LogP contribution in [0.4, 0.5) is 14.8 Å². The summed E-state index contributed by atoms with van der Waals surface area (Å²) in [4.78, 5) is 52.7. The standard InChI is InChI=1S/C27H36N4O3S2.C22H28N4OS2/c1-15(2)28-13-12-21(32)30-25-22(24-29-19-10-8-9-11-20(19)35-24)18-14-16(3)31(17(4)23(18)36-25)26(33)34-27(5,6)7;1-12(2)23-10-9-18(27)26-22-19(15-11-13(3)24-14(4)20(15)29-22)21-25-16-7-5-6-8-17(16)28-21/h8-11,15-17,28H,12-14H2,1-7H3,(H,30,32);5-8,12-14,23-24H,9-11H2,1-4H3,(H,26,27). The molecule has 348 valence electrons. The van der Waals surface area contributed by atoms with Gasteiger partial charge < -0.3 is 31.3 Å². The number of aromatic nitrogens is 2. The van der Waals surface area contributed by atoms with E-state index in [1.807, 2.05) is 62.9 Å². The summed E-state index contributed by atoms with van der Waals surface area (Å²) in [5.74, 6) is 0.0153. The van der Waals surface area contributed by atoms with Crippen LogP contribution in [0.5, 0.6) is 0 Å². The Morgan fingerprint density at radius 1 is 0.723 bits per heavy atom. The van der Waals surface area contributed by atoms with Crippen molar-refractivity contribution >= 4 is 93.7 Å². The van der Waals surface area contributed by atoms with Crippen molar-refractivity contribution in [3.8, 4) is 21.1 Å². The van der Waals surface area contributed by atoms with Gasteiger partial charge in [-0.1, -0.05) is 52.0 Å². The van der Waals surface area contributed by atoms with Crippen molar-refractivity contribution in [2.24, 2.45) is 0 Å². The first kappa shape index (κ1) is 48.6. The molecule has 4 unspecified atom stereocenters. The Kier molecular flexibility index (Phi) is 15.5. The summed E-state index contributed by atoms with van der Waals surface area (Å²) in [6, 6.07) is 17.5. The number of thiophene rings is 2. The van der Waals surface area contributed by atoms with E-state index in [1.165, 1.54) is 15.1 Å². The normalized spacial score (nSPS) is 18.4. The molecular formula is C49H64N8O4S4. The van der Waals surface area contributed by atoms with E-state index >= 15 is 0 Å². The van der Waals surface area contributed by atoms with Gasteiger partial charge in [0.05, 0.1) is 26.5 Å². The lowest BCUT2D eigenvalue weighted by Gasteiger charge is -2.39. The largest absolute Gasteiger partial charge is 0.444 e. The van der Waals surface area contributed by atoms with Gasteiger partial charge in [-0.05, 0) is 96.7 Å². The van der Waals surface area contributed by atoms with Gasteiger partial charge in [-0.2, -0.15) is 0 Å². The summed E-state index contributed by atoms with van der Waals surface area (Å²) < 4.78 is 8.01. The highest BCUT2D eigenvalue weighted by Gasteiger charge is 2.40. The molecular weight excluding hydrogens is 893 g/mol. The fourth-order valence-electron chi connectivity index (χ4n) is 8.39. The summed E-state index contributed by atoms with van der Waals surface area (Å²) >= 11 is 6.59. The maximum Gasteiger partial charge on any atom is 0.411 e. The molecule has 2 aliphatic heterocycles.